The molecule has 0 aliphatic carbocycles. The Kier molecular flexibility index (Phi) is 12.4. The van der Waals surface area contributed by atoms with Crippen LogP contribution in [0.5, 0.6) is 0 Å². The minimum absolute atomic E-state index is 0.0185. The van der Waals surface area contributed by atoms with Crippen LogP contribution in [0.15, 0.2) is 71.4 Å². The van der Waals surface area contributed by atoms with Crippen molar-refractivity contribution in [1.82, 2.24) is 30.6 Å². The number of hydrazone groups is 2. The van der Waals surface area contributed by atoms with Gasteiger partial charge in [-0.25, -0.2) is 19.9 Å². The van der Waals surface area contributed by atoms with Crippen molar-refractivity contribution in [3.63, 3.8) is 0 Å². The summed E-state index contributed by atoms with van der Waals surface area (Å²) in [5.74, 6) is 1.01. The van der Waals surface area contributed by atoms with Crippen molar-refractivity contribution >= 4 is 93.2 Å². The van der Waals surface area contributed by atoms with E-state index in [1.807, 2.05) is 26.0 Å². The Morgan fingerprint density at radius 1 is 0.660 bits per heavy atom. The monoisotopic (exact) mass is 798 g/mol. The van der Waals surface area contributed by atoms with Gasteiger partial charge in [0.2, 0.25) is 11.9 Å². The van der Waals surface area contributed by atoms with Gasteiger partial charge in [-0.2, -0.15) is 10.2 Å². The molecule has 6 rings (SSSR count). The molecule has 0 saturated carbocycles. The van der Waals surface area contributed by atoms with E-state index >= 15 is 0 Å². The van der Waals surface area contributed by atoms with Crippen molar-refractivity contribution in [3.05, 3.63) is 92.4 Å². The van der Waals surface area contributed by atoms with Gasteiger partial charge in [-0.1, -0.05) is 60.3 Å². The van der Waals surface area contributed by atoms with E-state index < -0.39 is 0 Å². The number of benzene rings is 2. The normalized spacial score (nSPS) is 16.6. The quantitative estimate of drug-likeness (QED) is 0.127. The molecule has 2 aliphatic heterocycles. The Morgan fingerprint density at radius 3 is 1.43 bits per heavy atom. The fraction of sp³-hybridized carbons (Fsp3) is 0.294. The van der Waals surface area contributed by atoms with Crippen LogP contribution in [0.2, 0.25) is 20.1 Å². The van der Waals surface area contributed by atoms with Crippen LogP contribution in [-0.4, -0.2) is 82.8 Å². The lowest BCUT2D eigenvalue weighted by molar-refractivity contribution is 0.0966. The van der Waals surface area contributed by atoms with Crippen LogP contribution in [0.25, 0.3) is 0 Å². The topological polar surface area (TPSA) is 174 Å². The second-order valence-electron chi connectivity index (χ2n) is 12.1. The summed E-state index contributed by atoms with van der Waals surface area (Å²) in [6.45, 7) is 6.74. The maximum Gasteiger partial charge on any atom is 0.259 e. The van der Waals surface area contributed by atoms with Crippen LogP contribution in [0.3, 0.4) is 0 Å². The number of amidine groups is 2. The van der Waals surface area contributed by atoms with Gasteiger partial charge in [0.1, 0.15) is 11.7 Å². The summed E-state index contributed by atoms with van der Waals surface area (Å²) in [6, 6.07) is 10.5. The maximum atomic E-state index is 12.8. The van der Waals surface area contributed by atoms with E-state index in [4.69, 9.17) is 51.1 Å². The van der Waals surface area contributed by atoms with Gasteiger partial charge in [-0.15, -0.1) is 0 Å². The first-order valence-electron chi connectivity index (χ1n) is 16.5. The predicted octanol–water partition coefficient (Wildman–Crippen LogP) is 5.82. The molecular weight excluding hydrogens is 766 g/mol. The first-order chi connectivity index (χ1) is 25.5. The Morgan fingerprint density at radius 2 is 1.06 bits per heavy atom. The molecule has 4 N–H and O–H groups in total. The molecule has 2 aliphatic rings. The number of aromatic nitrogens is 4. The number of rotatable bonds is 12. The molecular formula is C34H34Cl4N12O3. The SMILES string of the molecule is C[C@H]1CN(c2ccc(Cl)c(Cl)c2)N=C1NC(=O)c1cnc(NCCOCCNc2ncc(C(=O)NC3=NN(c4ccc(Cl)c(Cl)c4)C[C@@H]3C)cn2)nc1. The first kappa shape index (κ1) is 37.9. The molecule has 4 heterocycles. The second-order valence-corrected chi connectivity index (χ2v) is 13.7. The number of hydrogen-bond acceptors (Lipinski definition) is 13. The zero-order valence-electron chi connectivity index (χ0n) is 28.5. The summed E-state index contributed by atoms with van der Waals surface area (Å²) in [5.41, 5.74) is 2.14. The third-order valence-electron chi connectivity index (χ3n) is 8.06. The number of ether oxygens (including phenoxy) is 1. The molecule has 15 nitrogen and oxygen atoms in total. The number of anilines is 4. The van der Waals surface area contributed by atoms with Gasteiger partial charge in [-0.3, -0.25) is 19.6 Å². The van der Waals surface area contributed by atoms with Crippen molar-refractivity contribution in [2.45, 2.75) is 13.8 Å². The largest absolute Gasteiger partial charge is 0.378 e. The Bertz CT molecular complexity index is 1870. The number of halogens is 4. The zero-order chi connectivity index (χ0) is 37.5. The van der Waals surface area contributed by atoms with E-state index in [1.54, 1.807) is 34.3 Å². The number of nitrogens with zero attached hydrogens (tertiary/aromatic N) is 8. The van der Waals surface area contributed by atoms with Crippen molar-refractivity contribution in [2.24, 2.45) is 22.0 Å². The molecule has 4 aromatic rings. The van der Waals surface area contributed by atoms with Crippen LogP contribution >= 0.6 is 46.4 Å². The van der Waals surface area contributed by atoms with Gasteiger partial charge in [0.15, 0.2) is 0 Å². The van der Waals surface area contributed by atoms with E-state index in [0.717, 1.165) is 11.4 Å². The van der Waals surface area contributed by atoms with E-state index in [2.05, 4.69) is 51.4 Å². The van der Waals surface area contributed by atoms with Crippen LogP contribution in [0, 0.1) is 11.8 Å². The van der Waals surface area contributed by atoms with Crippen molar-refractivity contribution in [2.75, 3.05) is 60.0 Å². The highest BCUT2D eigenvalue weighted by atomic mass is 35.5. The third-order valence-corrected chi connectivity index (χ3v) is 9.53. The summed E-state index contributed by atoms with van der Waals surface area (Å²) >= 11 is 24.3. The highest BCUT2D eigenvalue weighted by molar-refractivity contribution is 6.42. The smallest absolute Gasteiger partial charge is 0.259 e. The van der Waals surface area contributed by atoms with Gasteiger partial charge in [-0.05, 0) is 36.4 Å². The molecule has 2 aromatic heterocycles. The van der Waals surface area contributed by atoms with E-state index in [1.165, 1.54) is 24.8 Å². The van der Waals surface area contributed by atoms with Crippen LogP contribution in [0.1, 0.15) is 34.6 Å². The standard InChI is InChI=1S/C34H34Cl4N12O3/c1-19-17-49(23-3-5-25(35)27(37)11-23)47-29(19)45-31(51)21-13-41-33(42-14-21)39-7-9-53-10-8-40-34-43-15-22(16-44-34)32(52)46-30-20(2)18-50(48-30)24-4-6-26(36)28(38)12-24/h3-6,11-16,19-20H,7-10,17-18H2,1-2H3,(H,39,41,42)(H,40,43,44)(H,45,47,51)(H,46,48,52)/t19-,20-/m0/s1. The Balaban J connectivity index is 0.869. The van der Waals surface area contributed by atoms with E-state index in [-0.39, 0.29) is 23.7 Å². The summed E-state index contributed by atoms with van der Waals surface area (Å²) in [4.78, 5) is 42.6. The van der Waals surface area contributed by atoms with E-state index in [0.29, 0.717) is 94.2 Å². The molecule has 0 saturated heterocycles. The van der Waals surface area contributed by atoms with Gasteiger partial charge in [0.05, 0.1) is 68.9 Å². The molecule has 0 fully saturated rings. The molecule has 19 heteroatoms. The molecule has 53 heavy (non-hydrogen) atoms. The summed E-state index contributed by atoms with van der Waals surface area (Å²) in [7, 11) is 0. The number of amides is 2. The average Bonchev–Trinajstić information content (AvgIpc) is 3.71. The molecule has 0 bridgehead atoms. The lowest BCUT2D eigenvalue weighted by atomic mass is 10.1. The van der Waals surface area contributed by atoms with Crippen LogP contribution < -0.4 is 31.3 Å². The predicted molar refractivity (Wildman–Crippen MR) is 208 cm³/mol. The number of nitrogens with one attached hydrogen (secondary N) is 4. The summed E-state index contributed by atoms with van der Waals surface area (Å²) < 4.78 is 5.65. The van der Waals surface area contributed by atoms with Crippen LogP contribution in [0.4, 0.5) is 23.3 Å². The molecule has 0 unspecified atom stereocenters. The third kappa shape index (κ3) is 9.80. The lowest BCUT2D eigenvalue weighted by Gasteiger charge is -2.14. The molecule has 276 valence electrons. The first-order valence-corrected chi connectivity index (χ1v) is 18.0. The average molecular weight is 801 g/mol. The Hall–Kier alpha value is -4.80. The van der Waals surface area contributed by atoms with Gasteiger partial charge in [0, 0.05) is 49.7 Å². The maximum absolute atomic E-state index is 12.8. The highest BCUT2D eigenvalue weighted by Gasteiger charge is 2.27. The zero-order valence-corrected chi connectivity index (χ0v) is 31.5. The number of hydrogen-bond donors (Lipinski definition) is 4. The van der Waals surface area contributed by atoms with Crippen molar-refractivity contribution in [1.29, 1.82) is 0 Å². The minimum Gasteiger partial charge on any atom is -0.378 e. The summed E-state index contributed by atoms with van der Waals surface area (Å²) in [5, 5.41) is 26.2. The number of carbonyl (C=O) groups is 2. The minimum atomic E-state index is -0.363. The lowest BCUT2D eigenvalue weighted by Crippen LogP contribution is -2.33. The molecule has 2 atom stereocenters. The molecule has 2 aromatic carbocycles. The molecule has 2 amide bonds. The number of carbonyl (C=O) groups excluding carboxylic acids is 2. The van der Waals surface area contributed by atoms with Crippen molar-refractivity contribution in [3.8, 4) is 0 Å². The van der Waals surface area contributed by atoms with E-state index in [9.17, 15) is 9.59 Å². The molecule has 0 radical (unpaired) electrons. The summed E-state index contributed by atoms with van der Waals surface area (Å²) in [6.07, 6.45) is 5.77. The highest BCUT2D eigenvalue weighted by Crippen LogP contribution is 2.31. The van der Waals surface area contributed by atoms with Gasteiger partial charge < -0.3 is 26.0 Å². The van der Waals surface area contributed by atoms with Crippen LogP contribution in [-0.2, 0) is 4.74 Å². The van der Waals surface area contributed by atoms with Gasteiger partial charge in [0.25, 0.3) is 11.8 Å². The fourth-order valence-electron chi connectivity index (χ4n) is 5.17. The van der Waals surface area contributed by atoms with Crippen molar-refractivity contribution < 1.29 is 14.3 Å². The fourth-order valence-corrected chi connectivity index (χ4v) is 5.75. The Labute approximate surface area is 325 Å². The second kappa shape index (κ2) is 17.4. The molecule has 0 spiro atoms. The van der Waals surface area contributed by atoms with Gasteiger partial charge >= 0.3 is 0 Å².